The van der Waals surface area contributed by atoms with Gasteiger partial charge in [-0.1, -0.05) is 60.7 Å². The third-order valence-electron chi connectivity index (χ3n) is 6.18. The van der Waals surface area contributed by atoms with E-state index in [1.165, 1.54) is 0 Å². The van der Waals surface area contributed by atoms with Crippen molar-refractivity contribution in [3.05, 3.63) is 118 Å². The molecule has 176 valence electrons. The molecule has 1 aromatic heterocycles. The maximum absolute atomic E-state index is 13.8. The summed E-state index contributed by atoms with van der Waals surface area (Å²) in [4.78, 5) is 29.1. The zero-order valence-electron chi connectivity index (χ0n) is 19.6. The number of hydrogen-bond acceptors (Lipinski definition) is 5. The maximum Gasteiger partial charge on any atom is 0.291 e. The lowest BCUT2D eigenvalue weighted by Crippen LogP contribution is -2.29. The number of methoxy groups -OCH3 is 1. The molecular weight excluding hydrogens is 442 g/mol. The molecule has 0 radical (unpaired) electrons. The van der Waals surface area contributed by atoms with E-state index in [2.05, 4.69) is 6.58 Å². The Balaban J connectivity index is 1.70. The Morgan fingerprint density at radius 2 is 1.83 bits per heavy atom. The van der Waals surface area contributed by atoms with E-state index in [1.807, 2.05) is 55.5 Å². The van der Waals surface area contributed by atoms with Gasteiger partial charge in [0.15, 0.2) is 16.9 Å². The summed E-state index contributed by atoms with van der Waals surface area (Å²) in [6, 6.07) is 19.9. The van der Waals surface area contributed by atoms with Gasteiger partial charge < -0.3 is 18.8 Å². The zero-order chi connectivity index (χ0) is 24.5. The molecule has 0 saturated carbocycles. The number of rotatable bonds is 7. The highest BCUT2D eigenvalue weighted by Crippen LogP contribution is 2.41. The van der Waals surface area contributed by atoms with Gasteiger partial charge in [-0.05, 0) is 42.3 Å². The first-order valence-corrected chi connectivity index (χ1v) is 11.4. The van der Waals surface area contributed by atoms with Crippen LogP contribution in [0.1, 0.15) is 38.9 Å². The summed E-state index contributed by atoms with van der Waals surface area (Å²) in [7, 11) is 1.56. The van der Waals surface area contributed by atoms with Crippen LogP contribution in [0, 0.1) is 6.92 Å². The van der Waals surface area contributed by atoms with Gasteiger partial charge in [0.2, 0.25) is 5.76 Å². The van der Waals surface area contributed by atoms with Crippen molar-refractivity contribution in [2.24, 2.45) is 0 Å². The smallest absolute Gasteiger partial charge is 0.291 e. The average molecular weight is 468 g/mol. The van der Waals surface area contributed by atoms with Gasteiger partial charge in [-0.15, -0.1) is 0 Å². The molecule has 1 unspecified atom stereocenters. The highest BCUT2D eigenvalue weighted by atomic mass is 16.5. The maximum atomic E-state index is 13.8. The Kier molecular flexibility index (Phi) is 5.87. The number of benzene rings is 3. The van der Waals surface area contributed by atoms with Crippen molar-refractivity contribution in [1.82, 2.24) is 4.90 Å². The van der Waals surface area contributed by atoms with Crippen molar-refractivity contribution in [3.8, 4) is 11.5 Å². The van der Waals surface area contributed by atoms with E-state index in [4.69, 9.17) is 13.9 Å². The molecule has 35 heavy (non-hydrogen) atoms. The first-order chi connectivity index (χ1) is 17.0. The standard InChI is InChI=1S/C29H25NO5/c1-4-14-34-23-13-11-20(16-24(23)33-3)26-25-27(31)21-15-18(2)10-12-22(21)35-28(25)29(32)30(26)17-19-8-6-5-7-9-19/h4-13,15-16,26H,1,14,17H2,2-3H3. The van der Waals surface area contributed by atoms with Crippen LogP contribution in [-0.2, 0) is 6.54 Å². The highest BCUT2D eigenvalue weighted by Gasteiger charge is 2.43. The first-order valence-electron chi connectivity index (χ1n) is 11.4. The van der Waals surface area contributed by atoms with E-state index in [9.17, 15) is 9.59 Å². The number of nitrogens with zero attached hydrogens (tertiary/aromatic N) is 1. The zero-order valence-corrected chi connectivity index (χ0v) is 19.6. The van der Waals surface area contributed by atoms with Crippen LogP contribution in [0.2, 0.25) is 0 Å². The fourth-order valence-electron chi connectivity index (χ4n) is 4.55. The topological polar surface area (TPSA) is 69.0 Å². The molecule has 3 aromatic carbocycles. The summed E-state index contributed by atoms with van der Waals surface area (Å²) in [5.74, 6) is 0.819. The number of aryl methyl sites for hydroxylation is 1. The minimum absolute atomic E-state index is 0.0817. The summed E-state index contributed by atoms with van der Waals surface area (Å²) in [6.07, 6.45) is 1.65. The van der Waals surface area contributed by atoms with Crippen LogP contribution in [0.5, 0.6) is 11.5 Å². The molecule has 2 heterocycles. The molecule has 1 aliphatic heterocycles. The van der Waals surface area contributed by atoms with Crippen LogP contribution < -0.4 is 14.9 Å². The minimum atomic E-state index is -0.638. The number of carbonyl (C=O) groups is 1. The van der Waals surface area contributed by atoms with Gasteiger partial charge in [-0.2, -0.15) is 0 Å². The number of hydrogen-bond donors (Lipinski definition) is 0. The fourth-order valence-corrected chi connectivity index (χ4v) is 4.55. The van der Waals surface area contributed by atoms with E-state index in [0.717, 1.165) is 16.7 Å². The molecule has 0 saturated heterocycles. The predicted molar refractivity (Wildman–Crippen MR) is 134 cm³/mol. The lowest BCUT2D eigenvalue weighted by molar-refractivity contribution is 0.0714. The Labute approximate surface area is 203 Å². The normalized spacial score (nSPS) is 14.7. The predicted octanol–water partition coefficient (Wildman–Crippen LogP) is 5.42. The molecule has 6 nitrogen and oxygen atoms in total. The summed E-state index contributed by atoms with van der Waals surface area (Å²) in [5.41, 5.74) is 3.16. The molecule has 0 aliphatic carbocycles. The van der Waals surface area contributed by atoms with Crippen molar-refractivity contribution < 1.29 is 18.7 Å². The second kappa shape index (κ2) is 9.14. The van der Waals surface area contributed by atoms with Gasteiger partial charge in [-0.3, -0.25) is 9.59 Å². The Morgan fingerprint density at radius 1 is 1.03 bits per heavy atom. The molecule has 0 N–H and O–H groups in total. The quantitative estimate of drug-likeness (QED) is 0.340. The van der Waals surface area contributed by atoms with Crippen molar-refractivity contribution in [2.45, 2.75) is 19.5 Å². The van der Waals surface area contributed by atoms with Crippen molar-refractivity contribution >= 4 is 16.9 Å². The highest BCUT2D eigenvalue weighted by molar-refractivity contribution is 5.99. The van der Waals surface area contributed by atoms with E-state index < -0.39 is 6.04 Å². The van der Waals surface area contributed by atoms with Crippen molar-refractivity contribution in [1.29, 1.82) is 0 Å². The average Bonchev–Trinajstić information content (AvgIpc) is 3.15. The van der Waals surface area contributed by atoms with Crippen LogP contribution >= 0.6 is 0 Å². The van der Waals surface area contributed by atoms with E-state index in [1.54, 1.807) is 36.3 Å². The van der Waals surface area contributed by atoms with Gasteiger partial charge >= 0.3 is 0 Å². The molecule has 1 aliphatic rings. The van der Waals surface area contributed by atoms with Gasteiger partial charge in [0.05, 0.1) is 24.1 Å². The summed E-state index contributed by atoms with van der Waals surface area (Å²) in [6.45, 7) is 6.25. The van der Waals surface area contributed by atoms with E-state index in [-0.39, 0.29) is 17.1 Å². The summed E-state index contributed by atoms with van der Waals surface area (Å²) in [5, 5.41) is 0.459. The summed E-state index contributed by atoms with van der Waals surface area (Å²) < 4.78 is 17.3. The second-order valence-corrected chi connectivity index (χ2v) is 8.50. The van der Waals surface area contributed by atoms with Crippen LogP contribution in [0.15, 0.2) is 88.6 Å². The monoisotopic (exact) mass is 467 g/mol. The lowest BCUT2D eigenvalue weighted by Gasteiger charge is -2.26. The molecule has 1 atom stereocenters. The number of fused-ring (bicyclic) bond motifs is 2. The molecule has 4 aromatic rings. The molecule has 1 amide bonds. The number of carbonyl (C=O) groups excluding carboxylic acids is 1. The van der Waals surface area contributed by atoms with E-state index in [0.29, 0.717) is 41.2 Å². The Hall–Kier alpha value is -4.32. The van der Waals surface area contributed by atoms with Crippen LogP contribution in [0.25, 0.3) is 11.0 Å². The second-order valence-electron chi connectivity index (χ2n) is 8.50. The van der Waals surface area contributed by atoms with E-state index >= 15 is 0 Å². The molecule has 0 spiro atoms. The third kappa shape index (κ3) is 3.97. The van der Waals surface area contributed by atoms with Crippen LogP contribution in [0.3, 0.4) is 0 Å². The van der Waals surface area contributed by atoms with Gasteiger partial charge in [0.25, 0.3) is 5.91 Å². The molecule has 0 bridgehead atoms. The van der Waals surface area contributed by atoms with Crippen molar-refractivity contribution in [2.75, 3.05) is 13.7 Å². The number of ether oxygens (including phenoxy) is 2. The van der Waals surface area contributed by atoms with Crippen LogP contribution in [0.4, 0.5) is 0 Å². The largest absolute Gasteiger partial charge is 0.493 e. The van der Waals surface area contributed by atoms with Crippen LogP contribution in [-0.4, -0.2) is 24.5 Å². The first kappa shape index (κ1) is 22.5. The Bertz CT molecular complexity index is 1490. The van der Waals surface area contributed by atoms with Gasteiger partial charge in [0, 0.05) is 6.54 Å². The van der Waals surface area contributed by atoms with Gasteiger partial charge in [0.1, 0.15) is 12.2 Å². The van der Waals surface area contributed by atoms with Crippen molar-refractivity contribution in [3.63, 3.8) is 0 Å². The molecule has 6 heteroatoms. The van der Waals surface area contributed by atoms with Gasteiger partial charge in [-0.25, -0.2) is 0 Å². The minimum Gasteiger partial charge on any atom is -0.493 e. The Morgan fingerprint density at radius 3 is 2.57 bits per heavy atom. The summed E-state index contributed by atoms with van der Waals surface area (Å²) >= 11 is 0. The number of amides is 1. The molecular formula is C29H25NO5. The fraction of sp³-hybridized carbons (Fsp3) is 0.172. The molecule has 0 fully saturated rings. The lowest BCUT2D eigenvalue weighted by atomic mass is 9.97. The SMILES string of the molecule is C=CCOc1ccc(C2c3c(oc4ccc(C)cc4c3=O)C(=O)N2Cc2ccccc2)cc1OC. The molecule has 5 rings (SSSR count). The third-order valence-corrected chi connectivity index (χ3v) is 6.18.